The fourth-order valence-corrected chi connectivity index (χ4v) is 5.02. The van der Waals surface area contributed by atoms with Crippen LogP contribution in [0.25, 0.3) is 0 Å². The number of benzene rings is 1. The van der Waals surface area contributed by atoms with Crippen LogP contribution in [0.2, 0.25) is 0 Å². The number of nitrogens with one attached hydrogen (secondary N) is 1. The highest BCUT2D eigenvalue weighted by atomic mass is 79.9. The summed E-state index contributed by atoms with van der Waals surface area (Å²) in [5.41, 5.74) is 1.06. The smallest absolute Gasteiger partial charge is 0.243 e. The molecule has 156 valence electrons. The normalized spacial score (nSPS) is 16.6. The summed E-state index contributed by atoms with van der Waals surface area (Å²) >= 11 is 3.31. The monoisotopic (exact) mass is 479 g/mol. The Morgan fingerprint density at radius 2 is 1.72 bits per heavy atom. The van der Waals surface area contributed by atoms with Crippen LogP contribution in [0.4, 0.5) is 5.82 Å². The topological polar surface area (TPSA) is 79.4 Å². The van der Waals surface area contributed by atoms with Gasteiger partial charge in [0.1, 0.15) is 5.82 Å². The van der Waals surface area contributed by atoms with Crippen molar-refractivity contribution in [3.63, 3.8) is 0 Å². The van der Waals surface area contributed by atoms with Crippen LogP contribution >= 0.6 is 15.9 Å². The second-order valence-corrected chi connectivity index (χ2v) is 11.2. The summed E-state index contributed by atoms with van der Waals surface area (Å²) in [4.78, 5) is 16.9. The van der Waals surface area contributed by atoms with Crippen LogP contribution in [-0.4, -0.2) is 36.7 Å². The molecule has 0 radical (unpaired) electrons. The third kappa shape index (κ3) is 5.24. The molecule has 1 N–H and O–H groups in total. The summed E-state index contributed by atoms with van der Waals surface area (Å²) in [5.74, 6) is 0.147. The number of hydrogen-bond acceptors (Lipinski definition) is 4. The maximum Gasteiger partial charge on any atom is 0.243 e. The van der Waals surface area contributed by atoms with Gasteiger partial charge in [0.2, 0.25) is 15.9 Å². The van der Waals surface area contributed by atoms with Gasteiger partial charge < -0.3 is 5.32 Å². The number of nitrogens with zero attached hydrogens (tertiary/aromatic N) is 2. The summed E-state index contributed by atoms with van der Waals surface area (Å²) in [6, 6.07) is 10.6. The first kappa shape index (κ1) is 21.9. The van der Waals surface area contributed by atoms with Crippen LogP contribution in [0.15, 0.2) is 52.0 Å². The van der Waals surface area contributed by atoms with Crippen LogP contribution in [0.5, 0.6) is 0 Å². The molecule has 6 nitrogen and oxygen atoms in total. The van der Waals surface area contributed by atoms with Crippen LogP contribution in [0.3, 0.4) is 0 Å². The maximum absolute atomic E-state index is 13.0. The van der Waals surface area contributed by atoms with Crippen LogP contribution in [0.1, 0.15) is 39.2 Å². The molecule has 0 atom stereocenters. The van der Waals surface area contributed by atoms with E-state index in [1.807, 2.05) is 18.2 Å². The third-order valence-corrected chi connectivity index (χ3v) is 7.54. The van der Waals surface area contributed by atoms with E-state index < -0.39 is 10.0 Å². The Kier molecular flexibility index (Phi) is 6.45. The molecule has 0 spiro atoms. The molecule has 29 heavy (non-hydrogen) atoms. The van der Waals surface area contributed by atoms with Gasteiger partial charge in [0.05, 0.1) is 4.90 Å². The number of halogens is 1. The standard InChI is InChI=1S/C21H26BrN3O3S/c1-21(2,3)16-4-7-18(8-5-16)29(27,28)25-12-10-15(11-13-25)20(26)24-19-9-6-17(22)14-23-19/h4-9,14-15H,10-13H2,1-3H3,(H,23,24,26). The highest BCUT2D eigenvalue weighted by Gasteiger charge is 2.32. The van der Waals surface area contributed by atoms with Gasteiger partial charge >= 0.3 is 0 Å². The van der Waals surface area contributed by atoms with Gasteiger partial charge in [0, 0.05) is 29.7 Å². The predicted octanol–water partition coefficient (Wildman–Crippen LogP) is 4.18. The first-order valence-corrected chi connectivity index (χ1v) is 11.8. The Labute approximate surface area is 180 Å². The van der Waals surface area contributed by atoms with E-state index in [0.717, 1.165) is 10.0 Å². The SMILES string of the molecule is CC(C)(C)c1ccc(S(=O)(=O)N2CCC(C(=O)Nc3ccc(Br)cn3)CC2)cc1. The maximum atomic E-state index is 13.0. The summed E-state index contributed by atoms with van der Waals surface area (Å²) in [6.07, 6.45) is 2.60. The van der Waals surface area contributed by atoms with Crippen molar-refractivity contribution in [1.29, 1.82) is 0 Å². The van der Waals surface area contributed by atoms with Crippen molar-refractivity contribution in [3.8, 4) is 0 Å². The number of anilines is 1. The molecule has 8 heteroatoms. The number of carbonyl (C=O) groups is 1. The Balaban J connectivity index is 1.61. The average molecular weight is 480 g/mol. The highest BCUT2D eigenvalue weighted by Crippen LogP contribution is 2.27. The Hall–Kier alpha value is -1.77. The van der Waals surface area contributed by atoms with Crippen LogP contribution < -0.4 is 5.32 Å². The van der Waals surface area contributed by atoms with E-state index in [1.54, 1.807) is 24.4 Å². The fraction of sp³-hybridized carbons (Fsp3) is 0.429. The zero-order valence-corrected chi connectivity index (χ0v) is 19.3. The molecule has 1 amide bonds. The molecule has 0 bridgehead atoms. The third-order valence-electron chi connectivity index (χ3n) is 5.16. The Morgan fingerprint density at radius 3 is 2.24 bits per heavy atom. The molecule has 0 saturated carbocycles. The van der Waals surface area contributed by atoms with Crippen molar-refractivity contribution in [2.75, 3.05) is 18.4 Å². The van der Waals surface area contributed by atoms with Crippen LogP contribution in [0, 0.1) is 5.92 Å². The number of rotatable bonds is 4. The van der Waals surface area contributed by atoms with Crippen molar-refractivity contribution < 1.29 is 13.2 Å². The molecule has 1 aliphatic heterocycles. The zero-order chi connectivity index (χ0) is 21.2. The lowest BCUT2D eigenvalue weighted by molar-refractivity contribution is -0.120. The quantitative estimate of drug-likeness (QED) is 0.712. The minimum Gasteiger partial charge on any atom is -0.310 e. The first-order chi connectivity index (χ1) is 13.6. The van der Waals surface area contributed by atoms with Gasteiger partial charge in [-0.05, 0) is 64.0 Å². The molecule has 2 aromatic rings. The van der Waals surface area contributed by atoms with Crippen molar-refractivity contribution in [2.45, 2.75) is 43.9 Å². The minimum absolute atomic E-state index is 0.0301. The number of carbonyl (C=O) groups excluding carboxylic acids is 1. The first-order valence-electron chi connectivity index (χ1n) is 9.60. The van der Waals surface area contributed by atoms with Gasteiger partial charge in [-0.25, -0.2) is 13.4 Å². The molecule has 1 aliphatic rings. The molecule has 0 unspecified atom stereocenters. The number of sulfonamides is 1. The molecule has 1 saturated heterocycles. The van der Waals surface area contributed by atoms with Crippen molar-refractivity contribution in [1.82, 2.24) is 9.29 Å². The average Bonchev–Trinajstić information content (AvgIpc) is 2.69. The van der Waals surface area contributed by atoms with Gasteiger partial charge in [0.25, 0.3) is 0 Å². The second-order valence-electron chi connectivity index (χ2n) is 8.30. The van der Waals surface area contributed by atoms with E-state index in [9.17, 15) is 13.2 Å². The fourth-order valence-electron chi connectivity index (χ4n) is 3.31. The van der Waals surface area contributed by atoms with Gasteiger partial charge in [-0.2, -0.15) is 4.31 Å². The number of amides is 1. The summed E-state index contributed by atoms with van der Waals surface area (Å²) in [5, 5.41) is 2.81. The van der Waals surface area contributed by atoms with Gasteiger partial charge in [-0.1, -0.05) is 32.9 Å². The molecule has 1 aromatic heterocycles. The number of aromatic nitrogens is 1. The van der Waals surface area contributed by atoms with Gasteiger partial charge in [-0.3, -0.25) is 4.79 Å². The second kappa shape index (κ2) is 8.53. The molecule has 3 rings (SSSR count). The molecule has 1 fully saturated rings. The lowest BCUT2D eigenvalue weighted by atomic mass is 9.87. The van der Waals surface area contributed by atoms with Gasteiger partial charge in [0.15, 0.2) is 0 Å². The Morgan fingerprint density at radius 1 is 1.10 bits per heavy atom. The molecule has 0 aliphatic carbocycles. The van der Waals surface area contributed by atoms with Gasteiger partial charge in [-0.15, -0.1) is 0 Å². The number of hydrogen-bond donors (Lipinski definition) is 1. The van der Waals surface area contributed by atoms with Crippen molar-refractivity contribution >= 4 is 37.7 Å². The summed E-state index contributed by atoms with van der Waals surface area (Å²) < 4.78 is 28.2. The minimum atomic E-state index is -3.55. The highest BCUT2D eigenvalue weighted by molar-refractivity contribution is 9.10. The van der Waals surface area contributed by atoms with E-state index in [2.05, 4.69) is 47.0 Å². The summed E-state index contributed by atoms with van der Waals surface area (Å²) in [7, 11) is -3.55. The van der Waals surface area contributed by atoms with E-state index in [-0.39, 0.29) is 17.2 Å². The number of piperidine rings is 1. The predicted molar refractivity (Wildman–Crippen MR) is 117 cm³/mol. The largest absolute Gasteiger partial charge is 0.310 e. The number of pyridine rings is 1. The zero-order valence-electron chi connectivity index (χ0n) is 16.9. The lowest BCUT2D eigenvalue weighted by Crippen LogP contribution is -2.41. The van der Waals surface area contributed by atoms with E-state index in [4.69, 9.17) is 0 Å². The Bertz CT molecular complexity index is 960. The van der Waals surface area contributed by atoms with E-state index in [0.29, 0.717) is 36.6 Å². The summed E-state index contributed by atoms with van der Waals surface area (Å²) in [6.45, 7) is 6.94. The van der Waals surface area contributed by atoms with E-state index in [1.165, 1.54) is 4.31 Å². The molecule has 1 aromatic carbocycles. The molecular formula is C21H26BrN3O3S. The van der Waals surface area contributed by atoms with Crippen LogP contribution in [-0.2, 0) is 20.2 Å². The molecule has 2 heterocycles. The van der Waals surface area contributed by atoms with Crippen molar-refractivity contribution in [2.24, 2.45) is 5.92 Å². The molecular weight excluding hydrogens is 454 g/mol. The van der Waals surface area contributed by atoms with Crippen molar-refractivity contribution in [3.05, 3.63) is 52.6 Å². The lowest BCUT2D eigenvalue weighted by Gasteiger charge is -2.30. The van der Waals surface area contributed by atoms with E-state index >= 15 is 0 Å².